The van der Waals surface area contributed by atoms with Crippen LogP contribution in [0.2, 0.25) is 0 Å². The zero-order valence-electron chi connectivity index (χ0n) is 12.5. The summed E-state index contributed by atoms with van der Waals surface area (Å²) in [5, 5.41) is 2.96. The lowest BCUT2D eigenvalue weighted by Gasteiger charge is -2.30. The first-order chi connectivity index (χ1) is 9.47. The average molecular weight is 284 g/mol. The largest absolute Gasteiger partial charge is 0.378 e. The number of rotatable bonds is 5. The number of hydrogen-bond donors (Lipinski definition) is 1. The van der Waals surface area contributed by atoms with Gasteiger partial charge in [-0.2, -0.15) is 0 Å². The average Bonchev–Trinajstić information content (AvgIpc) is 2.96. The van der Waals surface area contributed by atoms with E-state index in [2.05, 4.69) is 5.32 Å². The highest BCUT2D eigenvalue weighted by molar-refractivity contribution is 5.87. The molecule has 0 spiro atoms. The van der Waals surface area contributed by atoms with Crippen molar-refractivity contribution in [3.8, 4) is 0 Å². The Morgan fingerprint density at radius 1 is 1.60 bits per heavy atom. The van der Waals surface area contributed by atoms with Crippen molar-refractivity contribution in [2.45, 2.75) is 51.4 Å². The van der Waals surface area contributed by atoms with Crippen LogP contribution >= 0.6 is 0 Å². The Morgan fingerprint density at radius 3 is 2.85 bits per heavy atom. The van der Waals surface area contributed by atoms with Gasteiger partial charge in [0.1, 0.15) is 0 Å². The number of carbonyl (C=O) groups excluding carboxylic acids is 2. The van der Waals surface area contributed by atoms with E-state index in [1.165, 1.54) is 0 Å². The van der Waals surface area contributed by atoms with Crippen molar-refractivity contribution in [1.29, 1.82) is 0 Å². The van der Waals surface area contributed by atoms with E-state index in [-0.39, 0.29) is 30.6 Å². The van der Waals surface area contributed by atoms with Crippen LogP contribution in [0.5, 0.6) is 0 Å². The fourth-order valence-electron chi connectivity index (χ4n) is 2.81. The van der Waals surface area contributed by atoms with E-state index >= 15 is 0 Å². The second-order valence-electron chi connectivity index (χ2n) is 5.77. The third kappa shape index (κ3) is 3.12. The van der Waals surface area contributed by atoms with Gasteiger partial charge in [-0.1, -0.05) is 0 Å². The van der Waals surface area contributed by atoms with Crippen LogP contribution in [0.15, 0.2) is 0 Å². The Balaban J connectivity index is 1.98. The quantitative estimate of drug-likeness (QED) is 0.789. The van der Waals surface area contributed by atoms with Crippen molar-refractivity contribution in [2.24, 2.45) is 0 Å². The number of nitrogens with zero attached hydrogens (tertiary/aromatic N) is 1. The van der Waals surface area contributed by atoms with Crippen molar-refractivity contribution in [3.05, 3.63) is 0 Å². The molecule has 6 heteroatoms. The Bertz CT molecular complexity index is 377. The van der Waals surface area contributed by atoms with Crippen molar-refractivity contribution < 1.29 is 19.1 Å². The molecule has 2 saturated heterocycles. The minimum atomic E-state index is -0.892. The molecule has 1 N–H and O–H groups in total. The van der Waals surface area contributed by atoms with Crippen molar-refractivity contribution >= 4 is 11.8 Å². The Hall–Kier alpha value is -1.14. The van der Waals surface area contributed by atoms with Gasteiger partial charge in [-0.05, 0) is 20.8 Å². The first kappa shape index (κ1) is 15.3. The van der Waals surface area contributed by atoms with E-state index in [0.717, 1.165) is 0 Å². The van der Waals surface area contributed by atoms with Gasteiger partial charge in [0.15, 0.2) is 5.60 Å². The second kappa shape index (κ2) is 6.10. The van der Waals surface area contributed by atoms with Crippen LogP contribution < -0.4 is 5.32 Å². The second-order valence-corrected chi connectivity index (χ2v) is 5.77. The lowest BCUT2D eigenvalue weighted by Crippen LogP contribution is -2.53. The minimum Gasteiger partial charge on any atom is -0.378 e. The normalized spacial score (nSPS) is 30.3. The molecule has 6 nitrogen and oxygen atoms in total. The highest BCUT2D eigenvalue weighted by atomic mass is 16.6. The highest BCUT2D eigenvalue weighted by Crippen LogP contribution is 2.26. The van der Waals surface area contributed by atoms with E-state index < -0.39 is 5.60 Å². The Labute approximate surface area is 119 Å². The Morgan fingerprint density at radius 2 is 2.35 bits per heavy atom. The van der Waals surface area contributed by atoms with Crippen LogP contribution in [0, 0.1) is 0 Å². The van der Waals surface area contributed by atoms with Crippen LogP contribution in [-0.4, -0.2) is 60.8 Å². The zero-order valence-corrected chi connectivity index (χ0v) is 12.5. The van der Waals surface area contributed by atoms with Gasteiger partial charge in [-0.15, -0.1) is 0 Å². The summed E-state index contributed by atoms with van der Waals surface area (Å²) in [7, 11) is 0. The summed E-state index contributed by atoms with van der Waals surface area (Å²) < 4.78 is 11.2. The maximum Gasteiger partial charge on any atom is 0.255 e. The molecule has 2 atom stereocenters. The molecule has 114 valence electrons. The number of likely N-dealkylation sites (N-methyl/N-ethyl adjacent to an activating group) is 1. The van der Waals surface area contributed by atoms with Crippen LogP contribution in [0.4, 0.5) is 0 Å². The number of likely N-dealkylation sites (tertiary alicyclic amines) is 1. The van der Waals surface area contributed by atoms with Gasteiger partial charge in [0.05, 0.1) is 25.4 Å². The third-order valence-electron chi connectivity index (χ3n) is 3.79. The van der Waals surface area contributed by atoms with Gasteiger partial charge < -0.3 is 19.7 Å². The van der Waals surface area contributed by atoms with Crippen molar-refractivity contribution in [3.63, 3.8) is 0 Å². The number of nitrogens with one attached hydrogen (secondary N) is 1. The van der Waals surface area contributed by atoms with Gasteiger partial charge in [0.2, 0.25) is 5.91 Å². The molecule has 2 heterocycles. The number of carbonyl (C=O) groups is 2. The molecule has 2 aliphatic rings. The zero-order chi connectivity index (χ0) is 14.8. The molecule has 2 aliphatic heterocycles. The highest BCUT2D eigenvalue weighted by Gasteiger charge is 2.45. The fourth-order valence-corrected chi connectivity index (χ4v) is 2.81. The van der Waals surface area contributed by atoms with E-state index in [9.17, 15) is 9.59 Å². The smallest absolute Gasteiger partial charge is 0.255 e. The lowest BCUT2D eigenvalue weighted by atomic mass is 10.0. The summed E-state index contributed by atoms with van der Waals surface area (Å²) in [5.74, 6) is -0.0567. The summed E-state index contributed by atoms with van der Waals surface area (Å²) in [6.45, 7) is 7.84. The predicted molar refractivity (Wildman–Crippen MR) is 73.2 cm³/mol. The third-order valence-corrected chi connectivity index (χ3v) is 3.79. The summed E-state index contributed by atoms with van der Waals surface area (Å²) >= 11 is 0. The molecule has 2 fully saturated rings. The molecule has 0 radical (unpaired) electrons. The molecule has 0 aliphatic carbocycles. The SMILES string of the molecule is CCN1CC(NC(=O)C2(OC(C)C)CCOC2)CC1=O. The lowest BCUT2D eigenvalue weighted by molar-refractivity contribution is -0.153. The van der Waals surface area contributed by atoms with E-state index in [1.54, 1.807) is 4.90 Å². The summed E-state index contributed by atoms with van der Waals surface area (Å²) in [6, 6.07) is -0.122. The van der Waals surface area contributed by atoms with E-state index in [0.29, 0.717) is 32.5 Å². The van der Waals surface area contributed by atoms with Gasteiger partial charge in [-0.25, -0.2) is 0 Å². The summed E-state index contributed by atoms with van der Waals surface area (Å²) in [4.78, 5) is 26.0. The predicted octanol–water partition coefficient (Wildman–Crippen LogP) is 0.308. The molecule has 2 amide bonds. The molecule has 0 aromatic carbocycles. The maximum absolute atomic E-state index is 12.5. The minimum absolute atomic E-state index is 0.0419. The van der Waals surface area contributed by atoms with E-state index in [1.807, 2.05) is 20.8 Å². The van der Waals surface area contributed by atoms with Crippen LogP contribution in [-0.2, 0) is 19.1 Å². The van der Waals surface area contributed by atoms with Gasteiger partial charge in [-0.3, -0.25) is 9.59 Å². The van der Waals surface area contributed by atoms with E-state index in [4.69, 9.17) is 9.47 Å². The molecule has 20 heavy (non-hydrogen) atoms. The molecule has 0 aromatic heterocycles. The first-order valence-electron chi connectivity index (χ1n) is 7.31. The molecular formula is C14H24N2O4. The molecule has 0 bridgehead atoms. The van der Waals surface area contributed by atoms with Crippen LogP contribution in [0.25, 0.3) is 0 Å². The van der Waals surface area contributed by atoms with Crippen LogP contribution in [0.3, 0.4) is 0 Å². The summed E-state index contributed by atoms with van der Waals surface area (Å²) in [6.07, 6.45) is 0.896. The molecule has 0 aromatic rings. The first-order valence-corrected chi connectivity index (χ1v) is 7.31. The van der Waals surface area contributed by atoms with Crippen molar-refractivity contribution in [2.75, 3.05) is 26.3 Å². The molecule has 2 rings (SSSR count). The number of amides is 2. The molecular weight excluding hydrogens is 260 g/mol. The number of ether oxygens (including phenoxy) is 2. The molecule has 2 unspecified atom stereocenters. The van der Waals surface area contributed by atoms with Gasteiger partial charge in [0.25, 0.3) is 5.91 Å². The standard InChI is InChI=1S/C14H24N2O4/c1-4-16-8-11(7-12(16)17)15-13(18)14(20-10(2)3)5-6-19-9-14/h10-11H,4-9H2,1-3H3,(H,15,18). The van der Waals surface area contributed by atoms with Gasteiger partial charge >= 0.3 is 0 Å². The van der Waals surface area contributed by atoms with Crippen LogP contribution in [0.1, 0.15) is 33.6 Å². The van der Waals surface area contributed by atoms with Gasteiger partial charge in [0, 0.05) is 25.9 Å². The number of hydrogen-bond acceptors (Lipinski definition) is 4. The fraction of sp³-hybridized carbons (Fsp3) is 0.857. The monoisotopic (exact) mass is 284 g/mol. The Kier molecular flexibility index (Phi) is 4.65. The van der Waals surface area contributed by atoms with Crippen molar-refractivity contribution in [1.82, 2.24) is 10.2 Å². The summed E-state index contributed by atoms with van der Waals surface area (Å²) in [5.41, 5.74) is -0.892. The topological polar surface area (TPSA) is 67.9 Å². The molecule has 0 saturated carbocycles. The maximum atomic E-state index is 12.5.